The molecule has 2 aromatic rings. The number of hydrogen-bond acceptors (Lipinski definition) is 4. The molecule has 4 aliphatic rings. The van der Waals surface area contributed by atoms with E-state index in [1.54, 1.807) is 18.5 Å². The summed E-state index contributed by atoms with van der Waals surface area (Å²) in [4.78, 5) is 29.3. The maximum atomic E-state index is 13.0. The van der Waals surface area contributed by atoms with E-state index in [0.717, 1.165) is 50.0 Å². The van der Waals surface area contributed by atoms with Crippen molar-refractivity contribution < 1.29 is 9.59 Å². The normalized spacial score (nSPS) is 28.5. The Morgan fingerprint density at radius 1 is 1.03 bits per heavy atom. The zero-order chi connectivity index (χ0) is 21.3. The molecular formula is C24H31N5O2. The molecule has 2 aromatic heterocycles. The molecule has 0 radical (unpaired) electrons. The van der Waals surface area contributed by atoms with E-state index in [1.165, 1.54) is 24.8 Å². The number of nitrogens with one attached hydrogen (secondary N) is 2. The second-order valence-corrected chi connectivity index (χ2v) is 9.82. The summed E-state index contributed by atoms with van der Waals surface area (Å²) in [7, 11) is 0. The zero-order valence-electron chi connectivity index (χ0n) is 17.9. The summed E-state index contributed by atoms with van der Waals surface area (Å²) in [6.45, 7) is 1.12. The van der Waals surface area contributed by atoms with Crippen molar-refractivity contribution in [3.05, 3.63) is 42.4 Å². The van der Waals surface area contributed by atoms with Gasteiger partial charge in [0.25, 0.3) is 0 Å². The molecule has 0 aliphatic heterocycles. The van der Waals surface area contributed by atoms with Gasteiger partial charge >= 0.3 is 0 Å². The first-order chi connectivity index (χ1) is 15.1. The molecule has 164 valence electrons. The first-order valence-electron chi connectivity index (χ1n) is 11.6. The molecule has 2 heterocycles. The second kappa shape index (κ2) is 8.44. The second-order valence-electron chi connectivity index (χ2n) is 9.82. The molecule has 0 unspecified atom stereocenters. The maximum Gasteiger partial charge on any atom is 0.227 e. The van der Waals surface area contributed by atoms with Crippen molar-refractivity contribution in [2.24, 2.45) is 23.2 Å². The van der Waals surface area contributed by atoms with Crippen molar-refractivity contribution in [3.63, 3.8) is 0 Å². The van der Waals surface area contributed by atoms with Crippen LogP contribution in [0.4, 0.5) is 5.82 Å². The van der Waals surface area contributed by atoms with Gasteiger partial charge in [0.05, 0.1) is 0 Å². The first-order valence-corrected chi connectivity index (χ1v) is 11.6. The molecule has 6 rings (SSSR count). The molecule has 4 bridgehead atoms. The fourth-order valence-electron chi connectivity index (χ4n) is 6.42. The minimum absolute atomic E-state index is 0.120. The van der Waals surface area contributed by atoms with Gasteiger partial charge in [-0.05, 0) is 80.4 Å². The summed E-state index contributed by atoms with van der Waals surface area (Å²) in [6, 6.07) is 5.78. The van der Waals surface area contributed by atoms with Gasteiger partial charge in [-0.15, -0.1) is 0 Å². The maximum absolute atomic E-state index is 13.0. The molecule has 2 N–H and O–H groups in total. The number of carbonyl (C=O) groups is 2. The van der Waals surface area contributed by atoms with Crippen molar-refractivity contribution in [1.82, 2.24) is 20.1 Å². The molecule has 4 saturated carbocycles. The Morgan fingerprint density at radius 2 is 1.71 bits per heavy atom. The van der Waals surface area contributed by atoms with Crippen molar-refractivity contribution in [3.8, 4) is 0 Å². The van der Waals surface area contributed by atoms with Crippen LogP contribution in [0.15, 0.2) is 36.8 Å². The third kappa shape index (κ3) is 4.50. The Morgan fingerprint density at radius 3 is 2.39 bits per heavy atom. The summed E-state index contributed by atoms with van der Waals surface area (Å²) in [6.07, 6.45) is 13.7. The molecule has 7 nitrogen and oxygen atoms in total. The predicted molar refractivity (Wildman–Crippen MR) is 117 cm³/mol. The van der Waals surface area contributed by atoms with Gasteiger partial charge in [0.15, 0.2) is 5.82 Å². The van der Waals surface area contributed by atoms with Crippen LogP contribution in [0, 0.1) is 23.2 Å². The van der Waals surface area contributed by atoms with Crippen molar-refractivity contribution in [2.45, 2.75) is 57.9 Å². The number of aryl methyl sites for hydroxylation is 2. The highest BCUT2D eigenvalue weighted by Gasteiger charge is 2.54. The van der Waals surface area contributed by atoms with Crippen molar-refractivity contribution in [2.75, 3.05) is 11.9 Å². The van der Waals surface area contributed by atoms with Gasteiger partial charge in [-0.3, -0.25) is 19.3 Å². The minimum atomic E-state index is -0.154. The summed E-state index contributed by atoms with van der Waals surface area (Å²) in [5.41, 5.74) is 1.05. The molecule has 4 fully saturated rings. The van der Waals surface area contributed by atoms with Gasteiger partial charge in [-0.1, -0.05) is 0 Å². The Balaban J connectivity index is 1.06. The van der Waals surface area contributed by atoms with Crippen LogP contribution in [-0.4, -0.2) is 33.1 Å². The van der Waals surface area contributed by atoms with E-state index < -0.39 is 0 Å². The van der Waals surface area contributed by atoms with E-state index >= 15 is 0 Å². The highest BCUT2D eigenvalue weighted by Crippen LogP contribution is 2.60. The third-order valence-electron chi connectivity index (χ3n) is 7.44. The van der Waals surface area contributed by atoms with Crippen molar-refractivity contribution >= 4 is 17.6 Å². The number of nitrogens with zero attached hydrogens (tertiary/aromatic N) is 3. The topological polar surface area (TPSA) is 88.9 Å². The molecule has 7 heteroatoms. The number of carbonyl (C=O) groups excluding carboxylic acids is 2. The minimum Gasteiger partial charge on any atom is -0.355 e. The van der Waals surface area contributed by atoms with E-state index in [2.05, 4.69) is 20.7 Å². The lowest BCUT2D eigenvalue weighted by atomic mass is 9.49. The Kier molecular flexibility index (Phi) is 5.50. The Hall–Kier alpha value is -2.70. The molecule has 0 atom stereocenters. The van der Waals surface area contributed by atoms with E-state index in [0.29, 0.717) is 12.4 Å². The molecule has 2 amide bonds. The molecule has 0 spiro atoms. The number of pyridine rings is 1. The van der Waals surface area contributed by atoms with Crippen LogP contribution in [0.1, 0.15) is 50.5 Å². The van der Waals surface area contributed by atoms with E-state index in [-0.39, 0.29) is 23.7 Å². The van der Waals surface area contributed by atoms with Crippen LogP contribution in [0.25, 0.3) is 0 Å². The number of aromatic nitrogens is 3. The van der Waals surface area contributed by atoms with Crippen LogP contribution in [0.2, 0.25) is 0 Å². The average molecular weight is 422 g/mol. The Bertz CT molecular complexity index is 903. The fourth-order valence-corrected chi connectivity index (χ4v) is 6.42. The average Bonchev–Trinajstić information content (AvgIpc) is 3.19. The molecule has 0 saturated heterocycles. The van der Waals surface area contributed by atoms with Crippen LogP contribution in [0.5, 0.6) is 0 Å². The number of rotatable bonds is 8. The lowest BCUT2D eigenvalue weighted by Gasteiger charge is -2.55. The van der Waals surface area contributed by atoms with Gasteiger partial charge in [0.1, 0.15) is 0 Å². The van der Waals surface area contributed by atoms with Gasteiger partial charge in [0, 0.05) is 49.6 Å². The third-order valence-corrected chi connectivity index (χ3v) is 7.44. The summed E-state index contributed by atoms with van der Waals surface area (Å²) >= 11 is 0. The molecule has 31 heavy (non-hydrogen) atoms. The summed E-state index contributed by atoms with van der Waals surface area (Å²) in [5, 5.41) is 10.3. The monoisotopic (exact) mass is 421 g/mol. The van der Waals surface area contributed by atoms with E-state index in [9.17, 15) is 9.59 Å². The SMILES string of the molecule is O=C(CCNC(=O)C12CC3CC(CC(C3)C1)C2)Nc1ccn(CCc2ccncc2)n1. The zero-order valence-corrected chi connectivity index (χ0v) is 17.9. The van der Waals surface area contributed by atoms with Crippen LogP contribution < -0.4 is 10.6 Å². The summed E-state index contributed by atoms with van der Waals surface area (Å²) in [5.74, 6) is 2.84. The van der Waals surface area contributed by atoms with Crippen molar-refractivity contribution in [1.29, 1.82) is 0 Å². The predicted octanol–water partition coefficient (Wildman–Crippen LogP) is 3.18. The number of amides is 2. The van der Waals surface area contributed by atoms with Crippen LogP contribution >= 0.6 is 0 Å². The first kappa shape index (κ1) is 20.2. The number of hydrogen-bond donors (Lipinski definition) is 2. The lowest BCUT2D eigenvalue weighted by Crippen LogP contribution is -2.53. The lowest BCUT2D eigenvalue weighted by molar-refractivity contribution is -0.146. The van der Waals surface area contributed by atoms with Gasteiger partial charge < -0.3 is 10.6 Å². The van der Waals surface area contributed by atoms with E-state index in [1.807, 2.05) is 23.0 Å². The van der Waals surface area contributed by atoms with Crippen LogP contribution in [0.3, 0.4) is 0 Å². The highest BCUT2D eigenvalue weighted by atomic mass is 16.2. The highest BCUT2D eigenvalue weighted by molar-refractivity contribution is 5.90. The molecule has 4 aliphatic carbocycles. The standard InChI is InChI=1S/C24H31N5O2/c30-22(27-21-5-10-29(28-21)9-4-17-1-6-25-7-2-17)3-8-26-23(31)24-14-18-11-19(15-24)13-20(12-18)16-24/h1-2,5-7,10,18-20H,3-4,8-9,11-16H2,(H,26,31)(H,27,28,30). The van der Waals surface area contributed by atoms with Gasteiger partial charge in [-0.25, -0.2) is 0 Å². The Labute approximate surface area is 183 Å². The van der Waals surface area contributed by atoms with E-state index in [4.69, 9.17) is 0 Å². The molecular weight excluding hydrogens is 390 g/mol. The quantitative estimate of drug-likeness (QED) is 0.685. The van der Waals surface area contributed by atoms with Gasteiger partial charge in [0.2, 0.25) is 11.8 Å². The smallest absolute Gasteiger partial charge is 0.227 e. The van der Waals surface area contributed by atoms with Gasteiger partial charge in [-0.2, -0.15) is 5.10 Å². The number of anilines is 1. The largest absolute Gasteiger partial charge is 0.355 e. The van der Waals surface area contributed by atoms with Crippen LogP contribution in [-0.2, 0) is 22.6 Å². The fraction of sp³-hybridized carbons (Fsp3) is 0.583. The molecule has 0 aromatic carbocycles. The summed E-state index contributed by atoms with van der Waals surface area (Å²) < 4.78 is 1.82.